The van der Waals surface area contributed by atoms with Gasteiger partial charge >= 0.3 is 0 Å². The number of allylic oxidation sites excluding steroid dienone is 2. The van der Waals surface area contributed by atoms with Gasteiger partial charge in [0.1, 0.15) is 6.61 Å². The molecular weight excluding hydrogens is 248 g/mol. The van der Waals surface area contributed by atoms with E-state index in [9.17, 15) is 0 Å². The highest BCUT2D eigenvalue weighted by molar-refractivity contribution is 4.77. The number of hydrogen-bond acceptors (Lipinski definition) is 5. The maximum absolute atomic E-state index is 5.48. The summed E-state index contributed by atoms with van der Waals surface area (Å²) >= 11 is 0. The molecule has 0 aromatic carbocycles. The van der Waals surface area contributed by atoms with Crippen LogP contribution in [0.15, 0.2) is 24.7 Å². The van der Waals surface area contributed by atoms with Crippen molar-refractivity contribution in [1.82, 2.24) is 0 Å². The van der Waals surface area contributed by atoms with Gasteiger partial charge in [-0.25, -0.2) is 0 Å². The van der Waals surface area contributed by atoms with Gasteiger partial charge in [0.25, 0.3) is 0 Å². The van der Waals surface area contributed by atoms with Crippen LogP contribution < -0.4 is 0 Å². The molecule has 0 aromatic rings. The molecule has 1 radical (unpaired) electrons. The van der Waals surface area contributed by atoms with Crippen molar-refractivity contribution in [2.24, 2.45) is 0 Å². The lowest BCUT2D eigenvalue weighted by Gasteiger charge is -2.20. The van der Waals surface area contributed by atoms with Crippen molar-refractivity contribution in [3.63, 3.8) is 0 Å². The summed E-state index contributed by atoms with van der Waals surface area (Å²) in [5.41, 5.74) is 0. The lowest BCUT2D eigenvalue weighted by atomic mass is 10.6. The van der Waals surface area contributed by atoms with E-state index in [1.807, 2.05) is 0 Å². The maximum Gasteiger partial charge on any atom is 0.233 e. The molecule has 5 nitrogen and oxygen atoms in total. The Balaban J connectivity index is 3.67. The third kappa shape index (κ3) is 13.2. The van der Waals surface area contributed by atoms with E-state index < -0.39 is 6.29 Å². The van der Waals surface area contributed by atoms with E-state index in [4.69, 9.17) is 23.7 Å². The topological polar surface area (TPSA) is 46.2 Å². The summed E-state index contributed by atoms with van der Waals surface area (Å²) in [6.45, 7) is 17.0. The van der Waals surface area contributed by atoms with Crippen LogP contribution in [-0.2, 0) is 23.7 Å². The second-order valence-corrected chi connectivity index (χ2v) is 3.86. The Bertz CT molecular complexity index is 252. The molecule has 1 unspecified atom stereocenters. The fourth-order valence-electron chi connectivity index (χ4n) is 1.11. The molecular formula is C14H25O5. The molecule has 0 N–H and O–H groups in total. The van der Waals surface area contributed by atoms with Gasteiger partial charge in [0, 0.05) is 6.61 Å². The summed E-state index contributed by atoms with van der Waals surface area (Å²) in [5, 5.41) is 0. The second-order valence-electron chi connectivity index (χ2n) is 3.86. The summed E-state index contributed by atoms with van der Waals surface area (Å²) in [6, 6.07) is 0. The summed E-state index contributed by atoms with van der Waals surface area (Å²) in [7, 11) is 0. The molecule has 0 aliphatic rings. The van der Waals surface area contributed by atoms with Crippen molar-refractivity contribution >= 4 is 0 Å². The third-order valence-corrected chi connectivity index (χ3v) is 1.85. The third-order valence-electron chi connectivity index (χ3n) is 1.85. The summed E-state index contributed by atoms with van der Waals surface area (Å²) < 4.78 is 26.5. The molecule has 0 spiro atoms. The van der Waals surface area contributed by atoms with Crippen LogP contribution in [-0.4, -0.2) is 45.9 Å². The average molecular weight is 273 g/mol. The maximum atomic E-state index is 5.48. The molecule has 19 heavy (non-hydrogen) atoms. The van der Waals surface area contributed by atoms with Crippen molar-refractivity contribution < 1.29 is 23.7 Å². The van der Waals surface area contributed by atoms with E-state index in [1.165, 1.54) is 0 Å². The molecule has 0 aliphatic heterocycles. The van der Waals surface area contributed by atoms with Crippen LogP contribution >= 0.6 is 0 Å². The fourth-order valence-corrected chi connectivity index (χ4v) is 1.11. The first-order valence-corrected chi connectivity index (χ1v) is 6.23. The minimum absolute atomic E-state index is 0.271. The van der Waals surface area contributed by atoms with E-state index in [0.717, 1.165) is 0 Å². The van der Waals surface area contributed by atoms with Gasteiger partial charge in [-0.05, 0) is 20.8 Å². The van der Waals surface area contributed by atoms with Crippen molar-refractivity contribution in [1.29, 1.82) is 0 Å². The van der Waals surface area contributed by atoms with Crippen LogP contribution in [0.1, 0.15) is 13.8 Å². The van der Waals surface area contributed by atoms with Gasteiger partial charge in [-0.1, -0.05) is 13.2 Å². The van der Waals surface area contributed by atoms with Gasteiger partial charge in [-0.2, -0.15) is 0 Å². The lowest BCUT2D eigenvalue weighted by molar-refractivity contribution is -0.151. The van der Waals surface area contributed by atoms with Crippen molar-refractivity contribution in [3.05, 3.63) is 31.6 Å². The SMILES string of the molecule is [CH2]COCCOCCOC(COC(=C)C)OC(=C)C. The summed E-state index contributed by atoms with van der Waals surface area (Å²) in [6.07, 6.45) is -0.506. The van der Waals surface area contributed by atoms with Crippen molar-refractivity contribution in [2.75, 3.05) is 39.6 Å². The smallest absolute Gasteiger partial charge is 0.233 e. The van der Waals surface area contributed by atoms with Gasteiger partial charge in [-0.15, -0.1) is 0 Å². The summed E-state index contributed by atoms with van der Waals surface area (Å²) in [5.74, 6) is 1.18. The fraction of sp³-hybridized carbons (Fsp3) is 0.643. The standard InChI is InChI=1S/C14H25O5/c1-6-15-7-8-16-9-10-17-14(19-13(4)5)11-18-12(2)3/h14H,1-2,4,6-11H2,3,5H3. The predicted molar refractivity (Wildman–Crippen MR) is 73.4 cm³/mol. The van der Waals surface area contributed by atoms with Crippen LogP contribution in [0.4, 0.5) is 0 Å². The largest absolute Gasteiger partial charge is 0.492 e. The number of rotatable bonds is 13. The molecule has 0 aromatic heterocycles. The zero-order chi connectivity index (χ0) is 14.5. The monoisotopic (exact) mass is 273 g/mol. The highest BCUT2D eigenvalue weighted by Crippen LogP contribution is 2.04. The van der Waals surface area contributed by atoms with E-state index >= 15 is 0 Å². The van der Waals surface area contributed by atoms with Gasteiger partial charge in [-0.3, -0.25) is 0 Å². The van der Waals surface area contributed by atoms with Crippen LogP contribution in [0, 0.1) is 6.92 Å². The molecule has 0 aliphatic carbocycles. The molecule has 0 rings (SSSR count). The minimum atomic E-state index is -0.506. The van der Waals surface area contributed by atoms with Gasteiger partial charge in [0.15, 0.2) is 0 Å². The molecule has 0 fully saturated rings. The summed E-state index contributed by atoms with van der Waals surface area (Å²) in [4.78, 5) is 0. The lowest BCUT2D eigenvalue weighted by Crippen LogP contribution is -2.24. The molecule has 0 amide bonds. The van der Waals surface area contributed by atoms with E-state index in [1.54, 1.807) is 13.8 Å². The molecule has 0 saturated heterocycles. The molecule has 5 heteroatoms. The second kappa shape index (κ2) is 12.0. The van der Waals surface area contributed by atoms with E-state index in [2.05, 4.69) is 20.1 Å². The van der Waals surface area contributed by atoms with Crippen LogP contribution in [0.2, 0.25) is 0 Å². The van der Waals surface area contributed by atoms with Crippen molar-refractivity contribution in [3.8, 4) is 0 Å². The molecule has 111 valence electrons. The van der Waals surface area contributed by atoms with E-state index in [-0.39, 0.29) is 6.61 Å². The Morgan fingerprint density at radius 2 is 1.58 bits per heavy atom. The van der Waals surface area contributed by atoms with Crippen LogP contribution in [0.3, 0.4) is 0 Å². The van der Waals surface area contributed by atoms with Crippen LogP contribution in [0.25, 0.3) is 0 Å². The number of ether oxygens (including phenoxy) is 5. The highest BCUT2D eigenvalue weighted by atomic mass is 16.7. The quantitative estimate of drug-likeness (QED) is 0.293. The first kappa shape index (κ1) is 18.0. The molecule has 1 atom stereocenters. The number of hydrogen-bond donors (Lipinski definition) is 0. The average Bonchev–Trinajstić information content (AvgIpc) is 2.33. The van der Waals surface area contributed by atoms with Gasteiger partial charge in [0.05, 0.1) is 37.9 Å². The predicted octanol–water partition coefficient (Wildman–Crippen LogP) is 2.30. The Morgan fingerprint density at radius 1 is 0.947 bits per heavy atom. The first-order valence-electron chi connectivity index (χ1n) is 6.23. The minimum Gasteiger partial charge on any atom is -0.492 e. The van der Waals surface area contributed by atoms with Crippen LogP contribution in [0.5, 0.6) is 0 Å². The van der Waals surface area contributed by atoms with Crippen molar-refractivity contribution in [2.45, 2.75) is 20.1 Å². The highest BCUT2D eigenvalue weighted by Gasteiger charge is 2.11. The zero-order valence-corrected chi connectivity index (χ0v) is 12.0. The molecule has 0 bridgehead atoms. The normalized spacial score (nSPS) is 11.9. The Labute approximate surface area is 116 Å². The Morgan fingerprint density at radius 3 is 2.16 bits per heavy atom. The van der Waals surface area contributed by atoms with Gasteiger partial charge < -0.3 is 23.7 Å². The zero-order valence-electron chi connectivity index (χ0n) is 12.0. The molecule has 0 heterocycles. The Kier molecular flexibility index (Phi) is 11.4. The molecule has 0 saturated carbocycles. The Hall–Kier alpha value is -1.04. The van der Waals surface area contributed by atoms with Gasteiger partial charge in [0.2, 0.25) is 6.29 Å². The van der Waals surface area contributed by atoms with E-state index in [0.29, 0.717) is 44.6 Å². The first-order chi connectivity index (χ1) is 9.06.